The lowest BCUT2D eigenvalue weighted by molar-refractivity contribution is -0.154. The molecule has 0 amide bonds. The standard InChI is InChI=1S/C27H24F4N4O2.C2H6/c28-19-2-4-20(5-3-19)35-23-11-18(13-32)22(33)12-21(23)25(26(35)16-7-9-36-10-8-16)17-1-6-24(34-14-17)37-15-27(29,30)31;1-2/h1-6,11-14,16,32H,7-10,15,33H2;1-2H3. The number of hydrogen-bond donors (Lipinski definition) is 2. The van der Waals surface area contributed by atoms with E-state index >= 15 is 0 Å². The third-order valence-corrected chi connectivity index (χ3v) is 6.47. The van der Waals surface area contributed by atoms with Gasteiger partial charge in [-0.1, -0.05) is 13.8 Å². The molecule has 1 fully saturated rings. The SMILES string of the molecule is CC.N=Cc1cc2c(cc1N)c(-c1ccc(OCC(F)(F)F)nc1)c(C1CCOCC1)n2-c1ccc(F)cc1. The lowest BCUT2D eigenvalue weighted by atomic mass is 9.90. The summed E-state index contributed by atoms with van der Waals surface area (Å²) in [4.78, 5) is 4.13. The number of ether oxygens (including phenoxy) is 2. The van der Waals surface area contributed by atoms with Crippen LogP contribution in [0, 0.1) is 11.2 Å². The Kier molecular flexibility index (Phi) is 8.54. The molecule has 10 heteroatoms. The molecule has 2 aromatic heterocycles. The molecule has 0 saturated carbocycles. The van der Waals surface area contributed by atoms with Crippen LogP contribution in [0.25, 0.3) is 27.7 Å². The van der Waals surface area contributed by atoms with Gasteiger partial charge in [-0.15, -0.1) is 0 Å². The maximum absolute atomic E-state index is 13.8. The van der Waals surface area contributed by atoms with E-state index < -0.39 is 12.8 Å². The number of aromatic nitrogens is 2. The third-order valence-electron chi connectivity index (χ3n) is 6.47. The van der Waals surface area contributed by atoms with E-state index in [0.29, 0.717) is 30.0 Å². The zero-order valence-corrected chi connectivity index (χ0v) is 21.7. The first-order valence-corrected chi connectivity index (χ1v) is 12.7. The van der Waals surface area contributed by atoms with Gasteiger partial charge in [-0.3, -0.25) is 0 Å². The molecule has 0 bridgehead atoms. The van der Waals surface area contributed by atoms with Crippen molar-refractivity contribution in [2.45, 2.75) is 38.8 Å². The zero-order chi connectivity index (χ0) is 28.2. The minimum absolute atomic E-state index is 0.0759. The molecule has 0 atom stereocenters. The van der Waals surface area contributed by atoms with E-state index in [1.807, 2.05) is 24.5 Å². The molecular weight excluding hydrogens is 512 g/mol. The number of alkyl halides is 3. The van der Waals surface area contributed by atoms with Crippen molar-refractivity contribution in [3.8, 4) is 22.7 Å². The summed E-state index contributed by atoms with van der Waals surface area (Å²) in [5.74, 6) is -0.426. The van der Waals surface area contributed by atoms with Crippen LogP contribution in [0.15, 0.2) is 54.7 Å². The Balaban J connectivity index is 0.00000172. The summed E-state index contributed by atoms with van der Waals surface area (Å²) in [5, 5.41) is 8.60. The van der Waals surface area contributed by atoms with Crippen molar-refractivity contribution in [3.05, 3.63) is 71.8 Å². The van der Waals surface area contributed by atoms with Crippen LogP contribution in [0.5, 0.6) is 5.88 Å². The molecule has 1 aliphatic rings. The average Bonchev–Trinajstić information content (AvgIpc) is 3.27. The lowest BCUT2D eigenvalue weighted by Gasteiger charge is -2.25. The smallest absolute Gasteiger partial charge is 0.422 e. The predicted molar refractivity (Wildman–Crippen MR) is 144 cm³/mol. The molecule has 0 aliphatic carbocycles. The lowest BCUT2D eigenvalue weighted by Crippen LogP contribution is -2.19. The molecule has 1 saturated heterocycles. The summed E-state index contributed by atoms with van der Waals surface area (Å²) in [6.07, 6.45) is -0.309. The number of hydrogen-bond acceptors (Lipinski definition) is 5. The molecule has 3 heterocycles. The molecule has 3 N–H and O–H groups in total. The van der Waals surface area contributed by atoms with Gasteiger partial charge in [0.1, 0.15) is 5.82 Å². The highest BCUT2D eigenvalue weighted by atomic mass is 19.4. The Morgan fingerprint density at radius 3 is 2.38 bits per heavy atom. The van der Waals surface area contributed by atoms with Gasteiger partial charge in [-0.25, -0.2) is 9.37 Å². The molecule has 39 heavy (non-hydrogen) atoms. The van der Waals surface area contributed by atoms with Crippen molar-refractivity contribution in [3.63, 3.8) is 0 Å². The van der Waals surface area contributed by atoms with Crippen LogP contribution in [0.4, 0.5) is 23.2 Å². The summed E-state index contributed by atoms with van der Waals surface area (Å²) in [6.45, 7) is 3.72. The van der Waals surface area contributed by atoms with Gasteiger partial charge in [0.25, 0.3) is 0 Å². The molecule has 0 unspecified atom stereocenters. The largest absolute Gasteiger partial charge is 0.468 e. The third kappa shape index (κ3) is 6.06. The van der Waals surface area contributed by atoms with E-state index in [1.54, 1.807) is 24.3 Å². The number of anilines is 1. The Hall–Kier alpha value is -3.92. The van der Waals surface area contributed by atoms with Crippen LogP contribution in [0.2, 0.25) is 0 Å². The first-order valence-electron chi connectivity index (χ1n) is 12.7. The van der Waals surface area contributed by atoms with E-state index in [0.717, 1.165) is 40.7 Å². The highest BCUT2D eigenvalue weighted by molar-refractivity contribution is 6.04. The molecule has 5 rings (SSSR count). The molecule has 1 aliphatic heterocycles. The monoisotopic (exact) mass is 542 g/mol. The first kappa shape index (κ1) is 28.1. The van der Waals surface area contributed by atoms with E-state index in [2.05, 4.69) is 4.98 Å². The number of nitrogens with zero attached hydrogens (tertiary/aromatic N) is 2. The predicted octanol–water partition coefficient (Wildman–Crippen LogP) is 7.27. The van der Waals surface area contributed by atoms with Gasteiger partial charge in [0.05, 0.1) is 5.52 Å². The molecule has 206 valence electrons. The number of nitrogen functional groups attached to an aromatic ring is 1. The van der Waals surface area contributed by atoms with Gasteiger partial charge in [0.2, 0.25) is 5.88 Å². The van der Waals surface area contributed by atoms with Crippen LogP contribution in [-0.4, -0.2) is 41.8 Å². The zero-order valence-electron chi connectivity index (χ0n) is 21.7. The summed E-state index contributed by atoms with van der Waals surface area (Å²) in [6, 6.07) is 12.8. The van der Waals surface area contributed by atoms with Crippen LogP contribution in [0.3, 0.4) is 0 Å². The second kappa shape index (κ2) is 11.9. The fourth-order valence-electron chi connectivity index (χ4n) is 4.81. The summed E-state index contributed by atoms with van der Waals surface area (Å²) in [5.41, 5.74) is 11.2. The maximum atomic E-state index is 13.8. The summed E-state index contributed by atoms with van der Waals surface area (Å²) in [7, 11) is 0. The van der Waals surface area contributed by atoms with E-state index in [-0.39, 0.29) is 17.6 Å². The Morgan fingerprint density at radius 2 is 1.79 bits per heavy atom. The highest BCUT2D eigenvalue weighted by Gasteiger charge is 2.30. The van der Waals surface area contributed by atoms with Gasteiger partial charge < -0.3 is 25.2 Å². The van der Waals surface area contributed by atoms with Crippen LogP contribution >= 0.6 is 0 Å². The minimum atomic E-state index is -4.47. The number of rotatable bonds is 6. The van der Waals surface area contributed by atoms with Gasteiger partial charge in [-0.2, -0.15) is 13.2 Å². The van der Waals surface area contributed by atoms with Gasteiger partial charge in [0.15, 0.2) is 6.61 Å². The van der Waals surface area contributed by atoms with Crippen molar-refractivity contribution in [2.24, 2.45) is 0 Å². The highest BCUT2D eigenvalue weighted by Crippen LogP contribution is 2.44. The minimum Gasteiger partial charge on any atom is -0.468 e. The van der Waals surface area contributed by atoms with Crippen molar-refractivity contribution in [1.82, 2.24) is 9.55 Å². The second-order valence-corrected chi connectivity index (χ2v) is 8.89. The van der Waals surface area contributed by atoms with Crippen molar-refractivity contribution in [1.29, 1.82) is 5.41 Å². The van der Waals surface area contributed by atoms with Crippen LogP contribution in [0.1, 0.15) is 43.9 Å². The first-order chi connectivity index (χ1) is 18.7. The van der Waals surface area contributed by atoms with Crippen molar-refractivity contribution in [2.75, 3.05) is 25.6 Å². The molecule has 6 nitrogen and oxygen atoms in total. The van der Waals surface area contributed by atoms with Gasteiger partial charge >= 0.3 is 6.18 Å². The van der Waals surface area contributed by atoms with E-state index in [9.17, 15) is 17.6 Å². The normalized spacial score (nSPS) is 14.1. The number of benzene rings is 2. The molecular formula is C29H30F4N4O2. The summed E-state index contributed by atoms with van der Waals surface area (Å²) >= 11 is 0. The average molecular weight is 543 g/mol. The topological polar surface area (TPSA) is 86.2 Å². The molecule has 0 spiro atoms. The molecule has 2 aromatic carbocycles. The van der Waals surface area contributed by atoms with Crippen LogP contribution < -0.4 is 10.5 Å². The second-order valence-electron chi connectivity index (χ2n) is 8.89. The number of fused-ring (bicyclic) bond motifs is 1. The van der Waals surface area contributed by atoms with Crippen molar-refractivity contribution >= 4 is 22.8 Å². The number of nitrogens with one attached hydrogen (secondary N) is 1. The van der Waals surface area contributed by atoms with Gasteiger partial charge in [0, 0.05) is 76.8 Å². The maximum Gasteiger partial charge on any atom is 0.422 e. The van der Waals surface area contributed by atoms with Crippen molar-refractivity contribution < 1.29 is 27.0 Å². The Bertz CT molecular complexity index is 1430. The molecule has 0 radical (unpaired) electrons. The van der Waals surface area contributed by atoms with Gasteiger partial charge in [-0.05, 0) is 55.3 Å². The van der Waals surface area contributed by atoms with E-state index in [4.69, 9.17) is 20.6 Å². The van der Waals surface area contributed by atoms with Crippen LogP contribution in [-0.2, 0) is 4.74 Å². The van der Waals surface area contributed by atoms with E-state index in [1.165, 1.54) is 30.6 Å². The number of pyridine rings is 1. The number of halogens is 4. The fraction of sp³-hybridized carbons (Fsp3) is 0.310. The fourth-order valence-corrected chi connectivity index (χ4v) is 4.81. The molecule has 4 aromatic rings. The number of nitrogens with two attached hydrogens (primary N) is 1. The quantitative estimate of drug-likeness (QED) is 0.152. The summed E-state index contributed by atoms with van der Waals surface area (Å²) < 4.78 is 64.0. The Morgan fingerprint density at radius 1 is 1.10 bits per heavy atom. The Labute approximate surface area is 223 Å².